The summed E-state index contributed by atoms with van der Waals surface area (Å²) in [5, 5.41) is 5.85. The fourth-order valence-corrected chi connectivity index (χ4v) is 3.04. The van der Waals surface area contributed by atoms with Gasteiger partial charge in [-0.15, -0.1) is 0 Å². The van der Waals surface area contributed by atoms with Crippen molar-refractivity contribution in [3.8, 4) is 0 Å². The van der Waals surface area contributed by atoms with Crippen molar-refractivity contribution in [1.29, 1.82) is 0 Å². The molecule has 24 heavy (non-hydrogen) atoms. The molecule has 1 aromatic rings. The van der Waals surface area contributed by atoms with Crippen molar-refractivity contribution in [2.24, 2.45) is 0 Å². The number of urea groups is 1. The molecule has 0 unspecified atom stereocenters. The molecule has 0 radical (unpaired) electrons. The first-order chi connectivity index (χ1) is 11.5. The number of hydrogen-bond donors (Lipinski definition) is 2. The lowest BCUT2D eigenvalue weighted by molar-refractivity contribution is -0.124. The number of carbonyl (C=O) groups excluding carboxylic acids is 2. The third-order valence-corrected chi connectivity index (χ3v) is 4.78. The topological polar surface area (TPSA) is 61.4 Å². The number of nitrogens with one attached hydrogen (secondary N) is 2. The molecule has 2 N–H and O–H groups in total. The fraction of sp³-hybridized carbons (Fsp3) is 0.556. The maximum atomic E-state index is 13.7. The smallest absolute Gasteiger partial charge is 0.318 e. The van der Waals surface area contributed by atoms with Gasteiger partial charge < -0.3 is 15.5 Å². The van der Waals surface area contributed by atoms with Gasteiger partial charge in [0.15, 0.2) is 0 Å². The molecule has 2 fully saturated rings. The number of amides is 3. The number of hydrogen-bond acceptors (Lipinski definition) is 2. The first-order valence-corrected chi connectivity index (χ1v) is 8.59. The first-order valence-electron chi connectivity index (χ1n) is 8.59. The first kappa shape index (κ1) is 16.7. The Morgan fingerprint density at radius 1 is 1.29 bits per heavy atom. The lowest BCUT2D eigenvalue weighted by atomic mass is 10.1. The molecule has 0 bridgehead atoms. The van der Waals surface area contributed by atoms with Gasteiger partial charge in [0.1, 0.15) is 11.9 Å². The second-order valence-electron chi connectivity index (χ2n) is 6.81. The van der Waals surface area contributed by atoms with E-state index >= 15 is 0 Å². The Balaban J connectivity index is 1.62. The van der Waals surface area contributed by atoms with Crippen molar-refractivity contribution in [3.63, 3.8) is 0 Å². The Labute approximate surface area is 141 Å². The summed E-state index contributed by atoms with van der Waals surface area (Å²) in [6, 6.07) is 4.27. The van der Waals surface area contributed by atoms with Crippen LogP contribution in [0.3, 0.4) is 0 Å². The molecule has 1 aliphatic carbocycles. The van der Waals surface area contributed by atoms with Crippen LogP contribution in [0.25, 0.3) is 0 Å². The molecule has 0 spiro atoms. The number of likely N-dealkylation sites (tertiary alicyclic amines) is 1. The zero-order valence-electron chi connectivity index (χ0n) is 14.1. The molecular weight excluding hydrogens is 309 g/mol. The van der Waals surface area contributed by atoms with E-state index < -0.39 is 6.04 Å². The van der Waals surface area contributed by atoms with Gasteiger partial charge in [0, 0.05) is 12.6 Å². The minimum atomic E-state index is -0.396. The molecular formula is C18H24FN3O2. The maximum absolute atomic E-state index is 13.7. The molecule has 1 aromatic carbocycles. The van der Waals surface area contributed by atoms with Crippen molar-refractivity contribution in [2.45, 2.75) is 57.7 Å². The number of halogens is 1. The van der Waals surface area contributed by atoms with E-state index in [9.17, 15) is 14.0 Å². The zero-order chi connectivity index (χ0) is 17.3. The number of benzene rings is 1. The molecule has 1 saturated carbocycles. The van der Waals surface area contributed by atoms with Crippen molar-refractivity contribution in [3.05, 3.63) is 35.1 Å². The monoisotopic (exact) mass is 333 g/mol. The van der Waals surface area contributed by atoms with Gasteiger partial charge in [0.2, 0.25) is 5.91 Å². The van der Waals surface area contributed by atoms with Crippen LogP contribution < -0.4 is 10.6 Å². The van der Waals surface area contributed by atoms with Gasteiger partial charge in [0.25, 0.3) is 0 Å². The van der Waals surface area contributed by atoms with Gasteiger partial charge in [-0.1, -0.05) is 12.1 Å². The quantitative estimate of drug-likeness (QED) is 0.890. The van der Waals surface area contributed by atoms with Crippen LogP contribution >= 0.6 is 0 Å². The lowest BCUT2D eigenvalue weighted by Crippen LogP contribution is -2.50. The highest BCUT2D eigenvalue weighted by molar-refractivity contribution is 5.88. The van der Waals surface area contributed by atoms with E-state index in [4.69, 9.17) is 0 Å². The maximum Gasteiger partial charge on any atom is 0.318 e. The van der Waals surface area contributed by atoms with Crippen molar-refractivity contribution in [1.82, 2.24) is 15.5 Å². The van der Waals surface area contributed by atoms with Gasteiger partial charge in [-0.2, -0.15) is 0 Å². The normalized spacial score (nSPS) is 21.5. The zero-order valence-corrected chi connectivity index (χ0v) is 14.1. The fourth-order valence-electron chi connectivity index (χ4n) is 3.04. The van der Waals surface area contributed by atoms with Crippen LogP contribution in [0, 0.1) is 12.7 Å². The minimum Gasteiger partial charge on any atom is -0.352 e. The molecule has 5 nitrogen and oxygen atoms in total. The van der Waals surface area contributed by atoms with Gasteiger partial charge in [0.05, 0.1) is 6.04 Å². The van der Waals surface area contributed by atoms with Crippen LogP contribution in [0.15, 0.2) is 18.2 Å². The van der Waals surface area contributed by atoms with Gasteiger partial charge in [-0.25, -0.2) is 9.18 Å². The van der Waals surface area contributed by atoms with Crippen LogP contribution in [0.1, 0.15) is 49.8 Å². The molecule has 0 aromatic heterocycles. The molecule has 3 rings (SSSR count). The predicted octanol–water partition coefficient (Wildman–Crippen LogP) is 2.65. The van der Waals surface area contributed by atoms with E-state index in [1.165, 1.54) is 6.07 Å². The second kappa shape index (κ2) is 6.79. The molecule has 3 amide bonds. The number of aryl methyl sites for hydroxylation is 1. The summed E-state index contributed by atoms with van der Waals surface area (Å²) in [5.74, 6) is -0.337. The number of nitrogens with zero attached hydrogens (tertiary/aromatic N) is 1. The standard InChI is InChI=1S/C18H24FN3O2/c1-11-5-6-13(10-15(11)19)12(2)20-18(24)22-9-3-4-16(22)17(23)21-14-7-8-14/h5-6,10,12,14,16H,3-4,7-9H2,1-2H3,(H,20,24)(H,21,23)/t12-,16+/m1/s1. The second-order valence-corrected chi connectivity index (χ2v) is 6.81. The van der Waals surface area contributed by atoms with E-state index in [0.717, 1.165) is 19.3 Å². The van der Waals surface area contributed by atoms with E-state index in [-0.39, 0.29) is 29.8 Å². The van der Waals surface area contributed by atoms with Gasteiger partial charge in [-0.3, -0.25) is 4.79 Å². The Bertz CT molecular complexity index is 645. The highest BCUT2D eigenvalue weighted by atomic mass is 19.1. The van der Waals surface area contributed by atoms with Crippen LogP contribution in [0.5, 0.6) is 0 Å². The Hall–Kier alpha value is -2.11. The Morgan fingerprint density at radius 2 is 2.04 bits per heavy atom. The van der Waals surface area contributed by atoms with Crippen LogP contribution in [0.2, 0.25) is 0 Å². The van der Waals surface area contributed by atoms with Crippen molar-refractivity contribution in [2.75, 3.05) is 6.54 Å². The molecule has 6 heteroatoms. The largest absolute Gasteiger partial charge is 0.352 e. The Kier molecular flexibility index (Phi) is 4.73. The summed E-state index contributed by atoms with van der Waals surface area (Å²) in [4.78, 5) is 26.4. The van der Waals surface area contributed by atoms with Crippen LogP contribution in [0.4, 0.5) is 9.18 Å². The summed E-state index contributed by atoms with van der Waals surface area (Å²) < 4.78 is 13.7. The lowest BCUT2D eigenvalue weighted by Gasteiger charge is -2.26. The average Bonchev–Trinajstić information content (AvgIpc) is 3.21. The van der Waals surface area contributed by atoms with E-state index in [1.54, 1.807) is 17.9 Å². The number of carbonyl (C=O) groups is 2. The molecule has 1 aliphatic heterocycles. The third-order valence-electron chi connectivity index (χ3n) is 4.78. The SMILES string of the molecule is Cc1ccc([C@@H](C)NC(=O)N2CCC[C@H]2C(=O)NC2CC2)cc1F. The molecule has 130 valence electrons. The summed E-state index contributed by atoms with van der Waals surface area (Å²) in [6.07, 6.45) is 3.57. The highest BCUT2D eigenvalue weighted by Gasteiger charge is 2.36. The molecule has 2 atom stereocenters. The van der Waals surface area contributed by atoms with Gasteiger partial charge >= 0.3 is 6.03 Å². The van der Waals surface area contributed by atoms with E-state index in [2.05, 4.69) is 10.6 Å². The van der Waals surface area contributed by atoms with Crippen LogP contribution in [-0.4, -0.2) is 35.5 Å². The summed E-state index contributed by atoms with van der Waals surface area (Å²) in [5.41, 5.74) is 1.29. The summed E-state index contributed by atoms with van der Waals surface area (Å²) in [7, 11) is 0. The predicted molar refractivity (Wildman–Crippen MR) is 89.0 cm³/mol. The number of rotatable bonds is 4. The molecule has 1 saturated heterocycles. The van der Waals surface area contributed by atoms with Crippen LogP contribution in [-0.2, 0) is 4.79 Å². The minimum absolute atomic E-state index is 0.0563. The van der Waals surface area contributed by atoms with E-state index in [1.807, 2.05) is 13.0 Å². The van der Waals surface area contributed by atoms with Crippen molar-refractivity contribution < 1.29 is 14.0 Å². The average molecular weight is 333 g/mol. The third kappa shape index (κ3) is 3.68. The van der Waals surface area contributed by atoms with E-state index in [0.29, 0.717) is 24.1 Å². The highest BCUT2D eigenvalue weighted by Crippen LogP contribution is 2.23. The Morgan fingerprint density at radius 3 is 2.71 bits per heavy atom. The molecule has 1 heterocycles. The van der Waals surface area contributed by atoms with Gasteiger partial charge in [-0.05, 0) is 56.7 Å². The van der Waals surface area contributed by atoms with Crippen molar-refractivity contribution >= 4 is 11.9 Å². The molecule has 2 aliphatic rings. The summed E-state index contributed by atoms with van der Waals surface area (Å²) >= 11 is 0. The summed E-state index contributed by atoms with van der Waals surface area (Å²) in [6.45, 7) is 4.09.